The molecule has 2 N–H and O–H groups in total. The van der Waals surface area contributed by atoms with Crippen LogP contribution in [0.1, 0.15) is 0 Å². The highest BCUT2D eigenvalue weighted by Gasteiger charge is 2.12. The highest BCUT2D eigenvalue weighted by atomic mass is 79.9. The summed E-state index contributed by atoms with van der Waals surface area (Å²) < 4.78 is 7.47. The van der Waals surface area contributed by atoms with Crippen LogP contribution in [-0.4, -0.2) is 27.7 Å². The highest BCUT2D eigenvalue weighted by molar-refractivity contribution is 9.11. The molecular formula is C12H13BrN4OS. The van der Waals surface area contributed by atoms with Gasteiger partial charge < -0.3 is 10.6 Å². The standard InChI is InChI=1S/C12H13BrN4OS/c1-8(13)7-19-12-16-15-11(17(12)14)9-3-5-10(18-2)6-4-9/h3-6H,1,7,14H2,2H3. The van der Waals surface area contributed by atoms with Crippen LogP contribution in [0.4, 0.5) is 0 Å². The van der Waals surface area contributed by atoms with E-state index in [1.807, 2.05) is 24.3 Å². The van der Waals surface area contributed by atoms with Gasteiger partial charge in [-0.25, -0.2) is 4.68 Å². The molecular weight excluding hydrogens is 328 g/mol. The largest absolute Gasteiger partial charge is 0.497 e. The van der Waals surface area contributed by atoms with Crippen molar-refractivity contribution < 1.29 is 4.74 Å². The molecule has 1 aromatic carbocycles. The Hall–Kier alpha value is -1.47. The van der Waals surface area contributed by atoms with Crippen LogP contribution in [0.2, 0.25) is 0 Å². The molecule has 0 fully saturated rings. The van der Waals surface area contributed by atoms with Crippen LogP contribution in [0, 0.1) is 0 Å². The summed E-state index contributed by atoms with van der Waals surface area (Å²) in [5.41, 5.74) is 0.889. The average Bonchev–Trinajstić information content (AvgIpc) is 2.78. The van der Waals surface area contributed by atoms with E-state index in [9.17, 15) is 0 Å². The molecule has 2 rings (SSSR count). The molecule has 0 bridgehead atoms. The molecule has 5 nitrogen and oxygen atoms in total. The topological polar surface area (TPSA) is 66.0 Å². The molecule has 0 radical (unpaired) electrons. The van der Waals surface area contributed by atoms with Gasteiger partial charge in [-0.2, -0.15) is 0 Å². The minimum absolute atomic E-state index is 0.616. The number of ether oxygens (including phenoxy) is 1. The predicted octanol–water partition coefficient (Wildman–Crippen LogP) is 2.67. The number of aromatic nitrogens is 3. The molecule has 0 saturated carbocycles. The monoisotopic (exact) mass is 340 g/mol. The SMILES string of the molecule is C=C(Br)CSc1nnc(-c2ccc(OC)cc2)n1N. The highest BCUT2D eigenvalue weighted by Crippen LogP contribution is 2.25. The predicted molar refractivity (Wildman–Crippen MR) is 81.0 cm³/mol. The third kappa shape index (κ3) is 3.30. The van der Waals surface area contributed by atoms with E-state index in [1.54, 1.807) is 7.11 Å². The number of thioether (sulfide) groups is 1. The first-order chi connectivity index (χ1) is 9.11. The lowest BCUT2D eigenvalue weighted by molar-refractivity contribution is 0.415. The molecule has 0 aliphatic carbocycles. The Morgan fingerprint density at radius 3 is 2.68 bits per heavy atom. The molecule has 1 heterocycles. The van der Waals surface area contributed by atoms with Gasteiger partial charge in [0.25, 0.3) is 0 Å². The van der Waals surface area contributed by atoms with Crippen LogP contribution in [0.25, 0.3) is 11.4 Å². The van der Waals surface area contributed by atoms with Crippen LogP contribution in [0.15, 0.2) is 40.5 Å². The van der Waals surface area contributed by atoms with Crippen LogP contribution in [0.5, 0.6) is 5.75 Å². The summed E-state index contributed by atoms with van der Waals surface area (Å²) >= 11 is 4.77. The summed E-state index contributed by atoms with van der Waals surface area (Å²) in [5, 5.41) is 8.81. The minimum atomic E-state index is 0.616. The fourth-order valence-corrected chi connectivity index (χ4v) is 2.41. The molecule has 0 saturated heterocycles. The lowest BCUT2D eigenvalue weighted by Crippen LogP contribution is -2.11. The lowest BCUT2D eigenvalue weighted by atomic mass is 10.2. The van der Waals surface area contributed by atoms with Crippen molar-refractivity contribution in [2.45, 2.75) is 5.16 Å². The average molecular weight is 341 g/mol. The van der Waals surface area contributed by atoms with Crippen molar-refractivity contribution in [3.63, 3.8) is 0 Å². The molecule has 0 unspecified atom stereocenters. The summed E-state index contributed by atoms with van der Waals surface area (Å²) in [6, 6.07) is 7.50. The summed E-state index contributed by atoms with van der Waals surface area (Å²) in [5.74, 6) is 8.08. The Labute approximate surface area is 123 Å². The van der Waals surface area contributed by atoms with E-state index >= 15 is 0 Å². The summed E-state index contributed by atoms with van der Waals surface area (Å²) in [6.45, 7) is 3.77. The Bertz CT molecular complexity index is 582. The van der Waals surface area contributed by atoms with E-state index in [0.717, 1.165) is 15.8 Å². The number of hydrogen-bond donors (Lipinski definition) is 1. The number of rotatable bonds is 5. The molecule has 1 aromatic heterocycles. The third-order valence-electron chi connectivity index (χ3n) is 2.37. The van der Waals surface area contributed by atoms with E-state index in [0.29, 0.717) is 16.7 Å². The van der Waals surface area contributed by atoms with Gasteiger partial charge in [-0.3, -0.25) is 0 Å². The van der Waals surface area contributed by atoms with Gasteiger partial charge in [0.15, 0.2) is 5.82 Å². The Kier molecular flexibility index (Phi) is 4.49. The number of methoxy groups -OCH3 is 1. The maximum Gasteiger partial charge on any atom is 0.210 e. The second kappa shape index (κ2) is 6.12. The van der Waals surface area contributed by atoms with Crippen LogP contribution in [0.3, 0.4) is 0 Å². The molecule has 0 atom stereocenters. The summed E-state index contributed by atoms with van der Waals surface area (Å²) in [6.07, 6.45) is 0. The molecule has 100 valence electrons. The van der Waals surface area contributed by atoms with E-state index in [2.05, 4.69) is 32.7 Å². The van der Waals surface area contributed by atoms with Crippen molar-refractivity contribution in [3.05, 3.63) is 35.3 Å². The van der Waals surface area contributed by atoms with Crippen molar-refractivity contribution in [2.75, 3.05) is 18.7 Å². The molecule has 0 spiro atoms. The number of nitrogens with zero attached hydrogens (tertiary/aromatic N) is 3. The van der Waals surface area contributed by atoms with E-state index in [-0.39, 0.29) is 0 Å². The number of hydrogen-bond acceptors (Lipinski definition) is 5. The first-order valence-corrected chi connectivity index (χ1v) is 7.20. The Morgan fingerprint density at radius 2 is 2.11 bits per heavy atom. The first-order valence-electron chi connectivity index (χ1n) is 5.43. The summed E-state index contributed by atoms with van der Waals surface area (Å²) in [7, 11) is 1.63. The summed E-state index contributed by atoms with van der Waals surface area (Å²) in [4.78, 5) is 0. The van der Waals surface area contributed by atoms with Gasteiger partial charge in [-0.1, -0.05) is 34.3 Å². The zero-order valence-corrected chi connectivity index (χ0v) is 12.7. The molecule has 0 amide bonds. The maximum atomic E-state index is 5.99. The number of nitrogen functional groups attached to an aromatic ring is 1. The van der Waals surface area contributed by atoms with Gasteiger partial charge in [-0.05, 0) is 28.7 Å². The van der Waals surface area contributed by atoms with Crippen molar-refractivity contribution in [3.8, 4) is 17.1 Å². The van der Waals surface area contributed by atoms with E-state index < -0.39 is 0 Å². The molecule has 19 heavy (non-hydrogen) atoms. The fourth-order valence-electron chi connectivity index (χ4n) is 1.46. The van der Waals surface area contributed by atoms with Gasteiger partial charge in [-0.15, -0.1) is 10.2 Å². The van der Waals surface area contributed by atoms with Crippen molar-refractivity contribution >= 4 is 27.7 Å². The second-order valence-corrected chi connectivity index (χ2v) is 5.77. The second-order valence-electron chi connectivity index (χ2n) is 3.71. The Morgan fingerprint density at radius 1 is 1.42 bits per heavy atom. The van der Waals surface area contributed by atoms with Crippen LogP contribution in [-0.2, 0) is 0 Å². The smallest absolute Gasteiger partial charge is 0.210 e. The normalized spacial score (nSPS) is 10.4. The zero-order chi connectivity index (χ0) is 13.8. The maximum absolute atomic E-state index is 5.99. The van der Waals surface area contributed by atoms with Crippen molar-refractivity contribution in [2.24, 2.45) is 0 Å². The van der Waals surface area contributed by atoms with E-state index in [1.165, 1.54) is 16.4 Å². The van der Waals surface area contributed by atoms with E-state index in [4.69, 9.17) is 10.6 Å². The molecule has 2 aromatic rings. The lowest BCUT2D eigenvalue weighted by Gasteiger charge is -2.04. The fraction of sp³-hybridized carbons (Fsp3) is 0.167. The van der Waals surface area contributed by atoms with Crippen LogP contribution >= 0.6 is 27.7 Å². The molecule has 0 aliphatic heterocycles. The Balaban J connectivity index is 2.22. The van der Waals surface area contributed by atoms with Crippen molar-refractivity contribution in [1.29, 1.82) is 0 Å². The number of benzene rings is 1. The zero-order valence-electron chi connectivity index (χ0n) is 10.3. The molecule has 7 heteroatoms. The quantitative estimate of drug-likeness (QED) is 0.669. The van der Waals surface area contributed by atoms with Gasteiger partial charge in [0, 0.05) is 11.3 Å². The molecule has 0 aliphatic rings. The first kappa shape index (κ1) is 14.0. The number of nitrogens with two attached hydrogens (primary N) is 1. The minimum Gasteiger partial charge on any atom is -0.497 e. The van der Waals surface area contributed by atoms with Gasteiger partial charge in [0.2, 0.25) is 5.16 Å². The van der Waals surface area contributed by atoms with Gasteiger partial charge >= 0.3 is 0 Å². The third-order valence-corrected chi connectivity index (χ3v) is 4.05. The van der Waals surface area contributed by atoms with Gasteiger partial charge in [0.05, 0.1) is 7.11 Å². The van der Waals surface area contributed by atoms with Crippen molar-refractivity contribution in [1.82, 2.24) is 14.9 Å². The van der Waals surface area contributed by atoms with Crippen LogP contribution < -0.4 is 10.6 Å². The van der Waals surface area contributed by atoms with Gasteiger partial charge in [0.1, 0.15) is 5.75 Å². The number of halogens is 1.